The van der Waals surface area contributed by atoms with E-state index in [1.165, 1.54) is 7.11 Å². The van der Waals surface area contributed by atoms with Gasteiger partial charge in [-0.2, -0.15) is 0 Å². The first kappa shape index (κ1) is 8.99. The largest absolute Gasteiger partial charge is 0.464 e. The monoisotopic (exact) mass is 193 g/mol. The number of fused-ring (bicyclic) bond motifs is 1. The van der Waals surface area contributed by atoms with E-state index < -0.39 is 0 Å². The highest BCUT2D eigenvalue weighted by Crippen LogP contribution is 2.27. The maximum Gasteiger partial charge on any atom is 0.354 e. The number of carbonyl (C=O) groups is 2. The van der Waals surface area contributed by atoms with Gasteiger partial charge < -0.3 is 9.30 Å². The molecule has 1 aromatic heterocycles. The van der Waals surface area contributed by atoms with Crippen LogP contribution in [0.15, 0.2) is 6.20 Å². The predicted molar refractivity (Wildman–Crippen MR) is 49.4 cm³/mol. The van der Waals surface area contributed by atoms with Gasteiger partial charge in [0.15, 0.2) is 5.78 Å². The van der Waals surface area contributed by atoms with Crippen molar-refractivity contribution in [3.8, 4) is 0 Å². The number of rotatable bonds is 1. The topological polar surface area (TPSA) is 48.3 Å². The number of ketones is 1. The van der Waals surface area contributed by atoms with Gasteiger partial charge in [-0.15, -0.1) is 0 Å². The Hall–Kier alpha value is -1.58. The summed E-state index contributed by atoms with van der Waals surface area (Å²) in [6.45, 7) is 0. The lowest BCUT2D eigenvalue weighted by atomic mass is 10.2. The molecule has 1 aliphatic rings. The van der Waals surface area contributed by atoms with Crippen LogP contribution in [0.4, 0.5) is 0 Å². The molecule has 0 atom stereocenters. The zero-order chi connectivity index (χ0) is 10.3. The van der Waals surface area contributed by atoms with Crippen LogP contribution in [-0.2, 0) is 18.2 Å². The predicted octanol–water partition coefficient (Wildman–Crippen LogP) is 0.941. The molecule has 0 aromatic carbocycles. The van der Waals surface area contributed by atoms with Crippen molar-refractivity contribution in [3.05, 3.63) is 23.0 Å². The van der Waals surface area contributed by atoms with E-state index in [4.69, 9.17) is 0 Å². The molecule has 4 nitrogen and oxygen atoms in total. The molecule has 4 heteroatoms. The lowest BCUT2D eigenvalue weighted by Gasteiger charge is -2.02. The summed E-state index contributed by atoms with van der Waals surface area (Å²) in [4.78, 5) is 22.8. The average Bonchev–Trinajstić information content (AvgIpc) is 2.65. The summed E-state index contributed by atoms with van der Waals surface area (Å²) in [5, 5.41) is 0. The number of esters is 1. The van der Waals surface area contributed by atoms with E-state index in [1.54, 1.807) is 17.8 Å². The first-order valence-corrected chi connectivity index (χ1v) is 4.45. The Balaban J connectivity index is 2.56. The maximum atomic E-state index is 11.4. The molecule has 0 saturated carbocycles. The highest BCUT2D eigenvalue weighted by molar-refractivity contribution is 6.04. The first-order chi connectivity index (χ1) is 6.65. The molecule has 0 radical (unpaired) electrons. The minimum atomic E-state index is -0.372. The van der Waals surface area contributed by atoms with Crippen molar-refractivity contribution in [1.29, 1.82) is 0 Å². The Morgan fingerprint density at radius 1 is 1.50 bits per heavy atom. The van der Waals surface area contributed by atoms with Crippen LogP contribution >= 0.6 is 0 Å². The van der Waals surface area contributed by atoms with Crippen LogP contribution in [0.2, 0.25) is 0 Å². The summed E-state index contributed by atoms with van der Waals surface area (Å²) in [6.07, 6.45) is 2.87. The number of ether oxygens (including phenoxy) is 1. The van der Waals surface area contributed by atoms with Crippen LogP contribution in [0.25, 0.3) is 0 Å². The lowest BCUT2D eigenvalue weighted by Crippen LogP contribution is -2.09. The highest BCUT2D eigenvalue weighted by Gasteiger charge is 2.28. The van der Waals surface area contributed by atoms with Crippen LogP contribution in [0.1, 0.15) is 32.8 Å². The summed E-state index contributed by atoms with van der Waals surface area (Å²) in [5.74, 6) is -0.255. The van der Waals surface area contributed by atoms with Gasteiger partial charge in [0.2, 0.25) is 0 Å². The molecule has 0 unspecified atom stereocenters. The van der Waals surface area contributed by atoms with Crippen molar-refractivity contribution in [1.82, 2.24) is 4.57 Å². The van der Waals surface area contributed by atoms with Gasteiger partial charge in [-0.3, -0.25) is 4.79 Å². The van der Waals surface area contributed by atoms with E-state index >= 15 is 0 Å². The second kappa shape index (κ2) is 2.97. The Bertz CT molecular complexity index is 417. The molecule has 0 N–H and O–H groups in total. The van der Waals surface area contributed by atoms with Gasteiger partial charge in [0, 0.05) is 25.2 Å². The Morgan fingerprint density at radius 2 is 2.21 bits per heavy atom. The SMILES string of the molecule is COC(=O)c1c2c(cn1C)C(=O)CC2. The molecule has 14 heavy (non-hydrogen) atoms. The second-order valence-electron chi connectivity index (χ2n) is 3.40. The fourth-order valence-electron chi connectivity index (χ4n) is 1.91. The number of aromatic nitrogens is 1. The number of methoxy groups -OCH3 is 1. The van der Waals surface area contributed by atoms with Crippen LogP contribution in [0, 0.1) is 0 Å². The fourth-order valence-corrected chi connectivity index (χ4v) is 1.91. The quantitative estimate of drug-likeness (QED) is 0.623. The first-order valence-electron chi connectivity index (χ1n) is 4.45. The molecule has 0 fully saturated rings. The van der Waals surface area contributed by atoms with Gasteiger partial charge in [-0.1, -0.05) is 0 Å². The van der Waals surface area contributed by atoms with Gasteiger partial charge >= 0.3 is 5.97 Å². The molecule has 1 heterocycles. The minimum Gasteiger partial charge on any atom is -0.464 e. The number of hydrogen-bond donors (Lipinski definition) is 0. The van der Waals surface area contributed by atoms with Crippen molar-refractivity contribution >= 4 is 11.8 Å². The van der Waals surface area contributed by atoms with E-state index in [0.29, 0.717) is 24.1 Å². The van der Waals surface area contributed by atoms with Gasteiger partial charge in [-0.05, 0) is 12.0 Å². The summed E-state index contributed by atoms with van der Waals surface area (Å²) < 4.78 is 6.33. The molecule has 0 spiro atoms. The van der Waals surface area contributed by atoms with Crippen molar-refractivity contribution in [2.45, 2.75) is 12.8 Å². The molecule has 74 valence electrons. The van der Waals surface area contributed by atoms with Crippen LogP contribution in [-0.4, -0.2) is 23.4 Å². The molecule has 2 rings (SSSR count). The standard InChI is InChI=1S/C10H11NO3/c1-11-5-7-6(3-4-8(7)12)9(11)10(13)14-2/h5H,3-4H2,1-2H3. The van der Waals surface area contributed by atoms with Crippen molar-refractivity contribution in [3.63, 3.8) is 0 Å². The molecule has 0 saturated heterocycles. The number of nitrogens with zero attached hydrogens (tertiary/aromatic N) is 1. The van der Waals surface area contributed by atoms with Crippen LogP contribution < -0.4 is 0 Å². The maximum absolute atomic E-state index is 11.4. The minimum absolute atomic E-state index is 0.116. The molecule has 0 bridgehead atoms. The lowest BCUT2D eigenvalue weighted by molar-refractivity contribution is 0.0588. The molecular weight excluding hydrogens is 182 g/mol. The van der Waals surface area contributed by atoms with E-state index in [2.05, 4.69) is 4.74 Å². The normalized spacial score (nSPS) is 14.3. The van der Waals surface area contributed by atoms with Gasteiger partial charge in [-0.25, -0.2) is 4.79 Å². The third kappa shape index (κ3) is 1.07. The van der Waals surface area contributed by atoms with Gasteiger partial charge in [0.25, 0.3) is 0 Å². The zero-order valence-corrected chi connectivity index (χ0v) is 8.16. The van der Waals surface area contributed by atoms with Crippen molar-refractivity contribution in [2.24, 2.45) is 7.05 Å². The number of hydrogen-bond acceptors (Lipinski definition) is 3. The molecule has 1 aliphatic carbocycles. The number of aryl methyl sites for hydroxylation is 1. The Morgan fingerprint density at radius 3 is 2.86 bits per heavy atom. The van der Waals surface area contributed by atoms with Crippen LogP contribution in [0.5, 0.6) is 0 Å². The van der Waals surface area contributed by atoms with Gasteiger partial charge in [0.05, 0.1) is 7.11 Å². The zero-order valence-electron chi connectivity index (χ0n) is 8.16. The van der Waals surface area contributed by atoms with E-state index in [0.717, 1.165) is 5.56 Å². The molecular formula is C10H11NO3. The van der Waals surface area contributed by atoms with Crippen LogP contribution in [0.3, 0.4) is 0 Å². The summed E-state index contributed by atoms with van der Waals surface area (Å²) in [5.41, 5.74) is 2.02. The smallest absolute Gasteiger partial charge is 0.354 e. The summed E-state index contributed by atoms with van der Waals surface area (Å²) >= 11 is 0. The fraction of sp³-hybridized carbons (Fsp3) is 0.400. The molecule has 0 amide bonds. The second-order valence-corrected chi connectivity index (χ2v) is 3.40. The number of carbonyl (C=O) groups excluding carboxylic acids is 2. The van der Waals surface area contributed by atoms with E-state index in [-0.39, 0.29) is 11.8 Å². The third-order valence-electron chi connectivity index (χ3n) is 2.57. The van der Waals surface area contributed by atoms with Crippen molar-refractivity contribution in [2.75, 3.05) is 7.11 Å². The third-order valence-corrected chi connectivity index (χ3v) is 2.57. The van der Waals surface area contributed by atoms with Gasteiger partial charge in [0.1, 0.15) is 5.69 Å². The summed E-state index contributed by atoms with van der Waals surface area (Å²) in [6, 6.07) is 0. The summed E-state index contributed by atoms with van der Waals surface area (Å²) in [7, 11) is 3.09. The average molecular weight is 193 g/mol. The molecule has 0 aliphatic heterocycles. The number of Topliss-reactive ketones (excluding diaryl/α,β-unsaturated/α-hetero) is 1. The molecule has 1 aromatic rings. The van der Waals surface area contributed by atoms with E-state index in [9.17, 15) is 9.59 Å². The highest BCUT2D eigenvalue weighted by atomic mass is 16.5. The Labute approximate surface area is 81.5 Å². The Kier molecular flexibility index (Phi) is 1.91. The van der Waals surface area contributed by atoms with E-state index in [1.807, 2.05) is 0 Å². The van der Waals surface area contributed by atoms with Crippen molar-refractivity contribution < 1.29 is 14.3 Å².